The molecule has 0 bridgehead atoms. The zero-order valence-corrected chi connectivity index (χ0v) is 10.6. The van der Waals surface area contributed by atoms with Crippen molar-refractivity contribution in [2.24, 2.45) is 0 Å². The smallest absolute Gasteiger partial charge is 0.325 e. The van der Waals surface area contributed by atoms with Crippen LogP contribution in [0.15, 0.2) is 24.3 Å². The number of hydrogen-bond donors (Lipinski definition) is 1. The van der Waals surface area contributed by atoms with Crippen LogP contribution in [0.2, 0.25) is 0 Å². The highest BCUT2D eigenvalue weighted by Gasteiger charge is 2.12. The van der Waals surface area contributed by atoms with Crippen LogP contribution < -0.4 is 5.32 Å². The average Bonchev–Trinajstić information content (AvgIpc) is 2.37. The number of carbonyl (C=O) groups is 2. The summed E-state index contributed by atoms with van der Waals surface area (Å²) in [5, 5.41) is 2.51. The summed E-state index contributed by atoms with van der Waals surface area (Å²) in [7, 11) is 1.56. The van der Waals surface area contributed by atoms with Crippen LogP contribution in [0, 0.1) is 0 Å². The molecule has 0 saturated heterocycles. The minimum absolute atomic E-state index is 0.131. The van der Waals surface area contributed by atoms with Gasteiger partial charge < -0.3 is 14.8 Å². The van der Waals surface area contributed by atoms with Crippen LogP contribution in [0.4, 0.5) is 0 Å². The van der Waals surface area contributed by atoms with Gasteiger partial charge in [0.2, 0.25) is 0 Å². The molecule has 18 heavy (non-hydrogen) atoms. The monoisotopic (exact) mass is 251 g/mol. The molecule has 0 radical (unpaired) electrons. The normalized spacial score (nSPS) is 9.89. The Morgan fingerprint density at radius 3 is 2.67 bits per heavy atom. The summed E-state index contributed by atoms with van der Waals surface area (Å²) in [6.07, 6.45) is 0. The summed E-state index contributed by atoms with van der Waals surface area (Å²) in [6, 6.07) is 7.09. The molecule has 5 nitrogen and oxygen atoms in total. The van der Waals surface area contributed by atoms with Gasteiger partial charge in [0.25, 0.3) is 5.91 Å². The summed E-state index contributed by atoms with van der Waals surface area (Å²) in [6.45, 7) is 2.24. The standard InChI is InChI=1S/C13H17NO4/c1-3-18-12(15)8-14-13(16)11-7-5-4-6-10(11)9-17-2/h4-7H,3,8-9H2,1-2H3,(H,14,16). The predicted molar refractivity (Wildman–Crippen MR) is 66.1 cm³/mol. The molecule has 0 aliphatic heterocycles. The molecule has 1 amide bonds. The van der Waals surface area contributed by atoms with Crippen molar-refractivity contribution in [3.63, 3.8) is 0 Å². The van der Waals surface area contributed by atoms with Crippen LogP contribution in [-0.4, -0.2) is 32.1 Å². The largest absolute Gasteiger partial charge is 0.465 e. The molecule has 5 heteroatoms. The van der Waals surface area contributed by atoms with E-state index in [9.17, 15) is 9.59 Å². The molecule has 0 aliphatic carbocycles. The summed E-state index contributed by atoms with van der Waals surface area (Å²) in [5.41, 5.74) is 1.28. The second kappa shape index (κ2) is 7.45. The predicted octanol–water partition coefficient (Wildman–Crippen LogP) is 1.13. The van der Waals surface area contributed by atoms with E-state index in [-0.39, 0.29) is 12.5 Å². The van der Waals surface area contributed by atoms with Gasteiger partial charge >= 0.3 is 5.97 Å². The van der Waals surface area contributed by atoms with Gasteiger partial charge in [-0.15, -0.1) is 0 Å². The van der Waals surface area contributed by atoms with Gasteiger partial charge in [0.05, 0.1) is 13.2 Å². The van der Waals surface area contributed by atoms with E-state index in [2.05, 4.69) is 5.32 Å². The van der Waals surface area contributed by atoms with Crippen LogP contribution in [0.25, 0.3) is 0 Å². The van der Waals surface area contributed by atoms with Crippen molar-refractivity contribution in [2.75, 3.05) is 20.3 Å². The molecule has 1 N–H and O–H groups in total. The molecule has 0 fully saturated rings. The van der Waals surface area contributed by atoms with Crippen molar-refractivity contribution in [3.8, 4) is 0 Å². The van der Waals surface area contributed by atoms with Crippen molar-refractivity contribution in [2.45, 2.75) is 13.5 Å². The first-order chi connectivity index (χ1) is 8.69. The van der Waals surface area contributed by atoms with E-state index in [0.717, 1.165) is 5.56 Å². The van der Waals surface area contributed by atoms with E-state index < -0.39 is 5.97 Å². The van der Waals surface area contributed by atoms with Crippen LogP contribution in [-0.2, 0) is 20.9 Å². The Hall–Kier alpha value is -1.88. The fourth-order valence-electron chi connectivity index (χ4n) is 1.48. The zero-order chi connectivity index (χ0) is 13.4. The quantitative estimate of drug-likeness (QED) is 0.770. The Bertz CT molecular complexity index is 417. The second-order valence-corrected chi connectivity index (χ2v) is 3.58. The van der Waals surface area contributed by atoms with Crippen LogP contribution >= 0.6 is 0 Å². The van der Waals surface area contributed by atoms with Gasteiger partial charge in [-0.2, -0.15) is 0 Å². The number of benzene rings is 1. The Morgan fingerprint density at radius 2 is 2.00 bits per heavy atom. The third-order valence-electron chi connectivity index (χ3n) is 2.26. The van der Waals surface area contributed by atoms with Gasteiger partial charge in [0.1, 0.15) is 6.54 Å². The molecule has 0 heterocycles. The van der Waals surface area contributed by atoms with Crippen LogP contribution in [0.1, 0.15) is 22.8 Å². The minimum atomic E-state index is -0.449. The fourth-order valence-corrected chi connectivity index (χ4v) is 1.48. The molecule has 0 unspecified atom stereocenters. The van der Waals surface area contributed by atoms with E-state index in [1.807, 2.05) is 12.1 Å². The summed E-state index contributed by atoms with van der Waals surface area (Å²) in [4.78, 5) is 23.0. The van der Waals surface area contributed by atoms with Crippen molar-refractivity contribution >= 4 is 11.9 Å². The molecule has 1 aromatic carbocycles. The molecule has 98 valence electrons. The Labute approximate surface area is 106 Å². The lowest BCUT2D eigenvalue weighted by Gasteiger charge is -2.09. The molecule has 0 aromatic heterocycles. The van der Waals surface area contributed by atoms with E-state index in [1.54, 1.807) is 26.2 Å². The first kappa shape index (κ1) is 14.2. The molecule has 1 aromatic rings. The molecule has 0 atom stereocenters. The molecular weight excluding hydrogens is 234 g/mol. The first-order valence-electron chi connectivity index (χ1n) is 5.69. The zero-order valence-electron chi connectivity index (χ0n) is 10.6. The number of methoxy groups -OCH3 is 1. The van der Waals surface area contributed by atoms with Crippen molar-refractivity contribution < 1.29 is 19.1 Å². The van der Waals surface area contributed by atoms with Gasteiger partial charge in [-0.05, 0) is 18.6 Å². The molecule has 0 aliphatic rings. The van der Waals surface area contributed by atoms with Gasteiger partial charge in [-0.25, -0.2) is 0 Å². The van der Waals surface area contributed by atoms with E-state index in [4.69, 9.17) is 9.47 Å². The summed E-state index contributed by atoms with van der Waals surface area (Å²) < 4.78 is 9.74. The Kier molecular flexibility index (Phi) is 5.87. The maximum atomic E-state index is 11.9. The third kappa shape index (κ3) is 4.18. The fraction of sp³-hybridized carbons (Fsp3) is 0.385. The molecule has 1 rings (SSSR count). The van der Waals surface area contributed by atoms with E-state index in [0.29, 0.717) is 18.8 Å². The van der Waals surface area contributed by atoms with Crippen molar-refractivity contribution in [1.82, 2.24) is 5.32 Å². The van der Waals surface area contributed by atoms with Gasteiger partial charge in [0, 0.05) is 12.7 Å². The highest BCUT2D eigenvalue weighted by atomic mass is 16.5. The SMILES string of the molecule is CCOC(=O)CNC(=O)c1ccccc1COC. The highest BCUT2D eigenvalue weighted by Crippen LogP contribution is 2.09. The minimum Gasteiger partial charge on any atom is -0.465 e. The number of hydrogen-bond acceptors (Lipinski definition) is 4. The summed E-state index contributed by atoms with van der Waals surface area (Å²) in [5.74, 6) is -0.759. The number of nitrogens with one attached hydrogen (secondary N) is 1. The maximum absolute atomic E-state index is 11.9. The van der Waals surface area contributed by atoms with E-state index in [1.165, 1.54) is 0 Å². The number of esters is 1. The van der Waals surface area contributed by atoms with Crippen LogP contribution in [0.5, 0.6) is 0 Å². The van der Waals surface area contributed by atoms with Gasteiger partial charge in [0.15, 0.2) is 0 Å². The lowest BCUT2D eigenvalue weighted by Crippen LogP contribution is -2.31. The van der Waals surface area contributed by atoms with Crippen molar-refractivity contribution in [3.05, 3.63) is 35.4 Å². The number of ether oxygens (including phenoxy) is 2. The molecule has 0 saturated carbocycles. The van der Waals surface area contributed by atoms with Gasteiger partial charge in [-0.1, -0.05) is 18.2 Å². The molecular formula is C13H17NO4. The highest BCUT2D eigenvalue weighted by molar-refractivity contribution is 5.97. The number of rotatable bonds is 6. The molecule has 0 spiro atoms. The lowest BCUT2D eigenvalue weighted by molar-refractivity contribution is -0.141. The number of carbonyl (C=O) groups excluding carboxylic acids is 2. The first-order valence-corrected chi connectivity index (χ1v) is 5.69. The van der Waals surface area contributed by atoms with Crippen molar-refractivity contribution in [1.29, 1.82) is 0 Å². The van der Waals surface area contributed by atoms with Gasteiger partial charge in [-0.3, -0.25) is 9.59 Å². The third-order valence-corrected chi connectivity index (χ3v) is 2.26. The lowest BCUT2D eigenvalue weighted by atomic mass is 10.1. The van der Waals surface area contributed by atoms with E-state index >= 15 is 0 Å². The average molecular weight is 251 g/mol. The Balaban J connectivity index is 2.63. The number of amides is 1. The van der Waals surface area contributed by atoms with Crippen LogP contribution in [0.3, 0.4) is 0 Å². The maximum Gasteiger partial charge on any atom is 0.325 e. The summed E-state index contributed by atoms with van der Waals surface area (Å²) >= 11 is 0. The second-order valence-electron chi connectivity index (χ2n) is 3.58. The topological polar surface area (TPSA) is 64.6 Å². The Morgan fingerprint density at radius 1 is 1.28 bits per heavy atom.